The third kappa shape index (κ3) is 2.70. The van der Waals surface area contributed by atoms with E-state index in [4.69, 9.17) is 10.0 Å². The van der Waals surface area contributed by atoms with Crippen LogP contribution in [0.2, 0.25) is 0 Å². The van der Waals surface area contributed by atoms with Crippen LogP contribution in [0, 0.1) is 5.82 Å². The molecule has 58 valence electrons. The van der Waals surface area contributed by atoms with Crippen molar-refractivity contribution < 1.29 is 14.4 Å². The van der Waals surface area contributed by atoms with Gasteiger partial charge in [0.25, 0.3) is 0 Å². The number of hydrogen-bond donors (Lipinski definition) is 2. The SMILES string of the molecule is OB(O)Cc1cccc(F)c1. The number of benzene rings is 1. The maximum Gasteiger partial charge on any atom is 0.456 e. The molecule has 0 radical (unpaired) electrons. The average Bonchev–Trinajstić information content (AvgIpc) is 1.85. The molecule has 0 aliphatic rings. The quantitative estimate of drug-likeness (QED) is 0.604. The van der Waals surface area contributed by atoms with Gasteiger partial charge in [-0.3, -0.25) is 0 Å². The lowest BCUT2D eigenvalue weighted by atomic mass is 9.82. The zero-order valence-corrected chi connectivity index (χ0v) is 5.87. The molecule has 0 bridgehead atoms. The van der Waals surface area contributed by atoms with Crippen LogP contribution >= 0.6 is 0 Å². The van der Waals surface area contributed by atoms with Gasteiger partial charge in [-0.25, -0.2) is 4.39 Å². The lowest BCUT2D eigenvalue weighted by Gasteiger charge is -1.98. The van der Waals surface area contributed by atoms with Crippen molar-refractivity contribution in [2.75, 3.05) is 0 Å². The molecular formula is C7H8BFO2. The van der Waals surface area contributed by atoms with Crippen LogP contribution < -0.4 is 0 Å². The van der Waals surface area contributed by atoms with E-state index in [9.17, 15) is 4.39 Å². The van der Waals surface area contributed by atoms with Crippen LogP contribution in [0.25, 0.3) is 0 Å². The van der Waals surface area contributed by atoms with E-state index in [1.807, 2.05) is 0 Å². The van der Waals surface area contributed by atoms with E-state index < -0.39 is 7.12 Å². The topological polar surface area (TPSA) is 40.5 Å². The van der Waals surface area contributed by atoms with Gasteiger partial charge in [-0.1, -0.05) is 12.1 Å². The Balaban J connectivity index is 2.71. The summed E-state index contributed by atoms with van der Waals surface area (Å²) in [5, 5.41) is 17.1. The minimum Gasteiger partial charge on any atom is -0.427 e. The van der Waals surface area contributed by atoms with Gasteiger partial charge in [0.15, 0.2) is 0 Å². The van der Waals surface area contributed by atoms with E-state index in [-0.39, 0.29) is 12.1 Å². The molecule has 0 atom stereocenters. The summed E-state index contributed by atoms with van der Waals surface area (Å²) in [6, 6.07) is 5.77. The fourth-order valence-corrected chi connectivity index (χ4v) is 0.875. The third-order valence-corrected chi connectivity index (χ3v) is 1.31. The highest BCUT2D eigenvalue weighted by molar-refractivity contribution is 6.40. The summed E-state index contributed by atoms with van der Waals surface area (Å²) in [6.07, 6.45) is 0.0672. The van der Waals surface area contributed by atoms with Crippen LogP contribution in [0.15, 0.2) is 24.3 Å². The van der Waals surface area contributed by atoms with Crippen molar-refractivity contribution in [3.63, 3.8) is 0 Å². The van der Waals surface area contributed by atoms with E-state index in [1.165, 1.54) is 18.2 Å². The molecular weight excluding hydrogens is 146 g/mol. The second-order valence-corrected chi connectivity index (χ2v) is 2.31. The molecule has 1 aromatic rings. The highest BCUT2D eigenvalue weighted by Gasteiger charge is 2.07. The zero-order chi connectivity index (χ0) is 8.27. The van der Waals surface area contributed by atoms with Crippen LogP contribution in [0.4, 0.5) is 4.39 Å². The first kappa shape index (κ1) is 8.23. The minimum atomic E-state index is -1.41. The van der Waals surface area contributed by atoms with Crippen LogP contribution in [0.5, 0.6) is 0 Å². The van der Waals surface area contributed by atoms with E-state index in [1.54, 1.807) is 6.07 Å². The fourth-order valence-electron chi connectivity index (χ4n) is 0.875. The Labute approximate surface area is 64.4 Å². The van der Waals surface area contributed by atoms with Gasteiger partial charge < -0.3 is 10.0 Å². The molecule has 0 saturated carbocycles. The summed E-state index contributed by atoms with van der Waals surface area (Å²) in [4.78, 5) is 0. The second-order valence-electron chi connectivity index (χ2n) is 2.31. The van der Waals surface area contributed by atoms with Gasteiger partial charge in [0.1, 0.15) is 5.82 Å². The summed E-state index contributed by atoms with van der Waals surface area (Å²) in [6.45, 7) is 0. The summed E-state index contributed by atoms with van der Waals surface area (Å²) in [5.41, 5.74) is 0.583. The number of halogens is 1. The lowest BCUT2D eigenvalue weighted by Crippen LogP contribution is -2.15. The highest BCUT2D eigenvalue weighted by Crippen LogP contribution is 2.03. The van der Waals surface area contributed by atoms with Crippen molar-refractivity contribution in [1.82, 2.24) is 0 Å². The molecule has 1 rings (SSSR count). The summed E-state index contributed by atoms with van der Waals surface area (Å²) < 4.78 is 12.5. The molecule has 0 heterocycles. The molecule has 1 aromatic carbocycles. The standard InChI is InChI=1S/C7H8BFO2/c9-7-3-1-2-6(4-7)5-8(10)11/h1-4,10-11H,5H2. The Bertz CT molecular complexity index is 240. The van der Waals surface area contributed by atoms with Crippen molar-refractivity contribution in [3.8, 4) is 0 Å². The molecule has 0 spiro atoms. The lowest BCUT2D eigenvalue weighted by molar-refractivity contribution is 0.405. The number of hydrogen-bond acceptors (Lipinski definition) is 2. The minimum absolute atomic E-state index is 0.0672. The smallest absolute Gasteiger partial charge is 0.427 e. The van der Waals surface area contributed by atoms with Gasteiger partial charge in [-0.05, 0) is 17.7 Å². The average molecular weight is 154 g/mol. The van der Waals surface area contributed by atoms with Crippen molar-refractivity contribution in [2.45, 2.75) is 6.32 Å². The molecule has 0 aliphatic carbocycles. The Kier molecular flexibility index (Phi) is 2.62. The molecule has 0 saturated heterocycles. The highest BCUT2D eigenvalue weighted by atomic mass is 19.1. The Morgan fingerprint density at radius 3 is 2.64 bits per heavy atom. The Morgan fingerprint density at radius 2 is 2.09 bits per heavy atom. The molecule has 2 N–H and O–H groups in total. The third-order valence-electron chi connectivity index (χ3n) is 1.31. The molecule has 0 fully saturated rings. The van der Waals surface area contributed by atoms with E-state index in [2.05, 4.69) is 0 Å². The van der Waals surface area contributed by atoms with E-state index in [0.717, 1.165) is 0 Å². The van der Waals surface area contributed by atoms with Crippen LogP contribution in [0.3, 0.4) is 0 Å². The Morgan fingerprint density at radius 1 is 1.36 bits per heavy atom. The summed E-state index contributed by atoms with van der Waals surface area (Å²) >= 11 is 0. The van der Waals surface area contributed by atoms with Crippen LogP contribution in [0.1, 0.15) is 5.56 Å². The summed E-state index contributed by atoms with van der Waals surface area (Å²) in [7, 11) is -1.41. The van der Waals surface area contributed by atoms with Crippen molar-refractivity contribution in [3.05, 3.63) is 35.6 Å². The largest absolute Gasteiger partial charge is 0.456 e. The molecule has 0 aromatic heterocycles. The fraction of sp³-hybridized carbons (Fsp3) is 0.143. The van der Waals surface area contributed by atoms with Crippen molar-refractivity contribution >= 4 is 7.12 Å². The van der Waals surface area contributed by atoms with Crippen LogP contribution in [-0.4, -0.2) is 17.2 Å². The van der Waals surface area contributed by atoms with E-state index in [0.29, 0.717) is 5.56 Å². The maximum atomic E-state index is 12.5. The first-order valence-electron chi connectivity index (χ1n) is 3.29. The van der Waals surface area contributed by atoms with Gasteiger partial charge in [0, 0.05) is 6.32 Å². The van der Waals surface area contributed by atoms with Crippen molar-refractivity contribution in [1.29, 1.82) is 0 Å². The van der Waals surface area contributed by atoms with Crippen LogP contribution in [-0.2, 0) is 6.32 Å². The van der Waals surface area contributed by atoms with Crippen molar-refractivity contribution in [2.24, 2.45) is 0 Å². The predicted molar refractivity (Wildman–Crippen MR) is 40.3 cm³/mol. The molecule has 0 unspecified atom stereocenters. The van der Waals surface area contributed by atoms with Gasteiger partial charge in [0.2, 0.25) is 0 Å². The first-order chi connectivity index (χ1) is 5.18. The molecule has 0 aliphatic heterocycles. The van der Waals surface area contributed by atoms with Gasteiger partial charge in [-0.2, -0.15) is 0 Å². The predicted octanol–water partition coefficient (Wildman–Crippen LogP) is 0.380. The van der Waals surface area contributed by atoms with Gasteiger partial charge in [-0.15, -0.1) is 0 Å². The zero-order valence-electron chi connectivity index (χ0n) is 5.87. The monoisotopic (exact) mass is 154 g/mol. The van der Waals surface area contributed by atoms with E-state index >= 15 is 0 Å². The molecule has 2 nitrogen and oxygen atoms in total. The Hall–Kier alpha value is -0.865. The first-order valence-corrected chi connectivity index (χ1v) is 3.29. The maximum absolute atomic E-state index is 12.5. The molecule has 11 heavy (non-hydrogen) atoms. The molecule has 0 amide bonds. The molecule has 4 heteroatoms. The normalized spacial score (nSPS) is 9.73. The van der Waals surface area contributed by atoms with Gasteiger partial charge >= 0.3 is 7.12 Å². The summed E-state index contributed by atoms with van der Waals surface area (Å²) in [5.74, 6) is -0.358. The second kappa shape index (κ2) is 3.50. The van der Waals surface area contributed by atoms with Gasteiger partial charge in [0.05, 0.1) is 0 Å². The number of rotatable bonds is 2.